The molecule has 0 atom stereocenters. The Bertz CT molecular complexity index is 886. The van der Waals surface area contributed by atoms with Gasteiger partial charge in [-0.25, -0.2) is 5.43 Å². The molecule has 0 aliphatic carbocycles. The summed E-state index contributed by atoms with van der Waals surface area (Å²) in [5.74, 6) is -0.0621. The smallest absolute Gasteiger partial charge is 0.311 e. The third-order valence-corrected chi connectivity index (χ3v) is 3.17. The number of carbonyl (C=O) groups excluding carboxylic acids is 1. The fraction of sp³-hybridized carbons (Fsp3) is 0.267. The second-order valence-corrected chi connectivity index (χ2v) is 4.94. The Balaban J connectivity index is 1.78. The van der Waals surface area contributed by atoms with Crippen LogP contribution in [-0.4, -0.2) is 38.5 Å². The molecule has 2 aromatic heterocycles. The number of para-hydroxylation sites is 1. The third-order valence-electron chi connectivity index (χ3n) is 3.17. The summed E-state index contributed by atoms with van der Waals surface area (Å²) in [5.41, 5.74) is 5.56. The highest BCUT2D eigenvalue weighted by Gasteiger charge is 2.08. The van der Waals surface area contributed by atoms with Crippen LogP contribution < -0.4 is 5.43 Å². The van der Waals surface area contributed by atoms with Gasteiger partial charge < -0.3 is 9.72 Å². The predicted octanol–water partition coefficient (Wildman–Crippen LogP) is 2.25. The second-order valence-electron chi connectivity index (χ2n) is 4.94. The van der Waals surface area contributed by atoms with Gasteiger partial charge in [0.05, 0.1) is 13.0 Å². The lowest BCUT2D eigenvalue weighted by molar-refractivity contribution is -0.141. The van der Waals surface area contributed by atoms with Crippen molar-refractivity contribution in [2.24, 2.45) is 5.10 Å². The number of anilines is 1. The van der Waals surface area contributed by atoms with Crippen LogP contribution in [-0.2, 0) is 9.53 Å². The average Bonchev–Trinajstić information content (AvgIpc) is 2.90. The third kappa shape index (κ3) is 3.25. The van der Waals surface area contributed by atoms with Gasteiger partial charge in [0.25, 0.3) is 5.95 Å². The van der Waals surface area contributed by atoms with E-state index in [9.17, 15) is 4.79 Å². The van der Waals surface area contributed by atoms with Crippen molar-refractivity contribution >= 4 is 39.7 Å². The first-order chi connectivity index (χ1) is 11.2. The van der Waals surface area contributed by atoms with E-state index in [0.29, 0.717) is 23.5 Å². The van der Waals surface area contributed by atoms with Crippen molar-refractivity contribution in [2.45, 2.75) is 20.3 Å². The van der Waals surface area contributed by atoms with Gasteiger partial charge in [-0.2, -0.15) is 10.1 Å². The molecule has 3 aromatic rings. The van der Waals surface area contributed by atoms with Gasteiger partial charge in [-0.3, -0.25) is 4.79 Å². The quantitative estimate of drug-likeness (QED) is 0.425. The van der Waals surface area contributed by atoms with Crippen molar-refractivity contribution in [3.63, 3.8) is 0 Å². The number of aromatic nitrogens is 4. The molecular weight excluding hydrogens is 296 g/mol. The molecule has 2 N–H and O–H groups in total. The SMILES string of the molecule is CCOC(=O)C/C(C)=N\Nc1nnc2c(n1)[nH]c1ccccc12. The van der Waals surface area contributed by atoms with E-state index >= 15 is 0 Å². The van der Waals surface area contributed by atoms with Gasteiger partial charge in [0, 0.05) is 16.6 Å². The minimum Gasteiger partial charge on any atom is -0.466 e. The zero-order valence-corrected chi connectivity index (χ0v) is 12.8. The van der Waals surface area contributed by atoms with E-state index < -0.39 is 0 Å². The number of rotatable bonds is 5. The lowest BCUT2D eigenvalue weighted by Crippen LogP contribution is -2.10. The van der Waals surface area contributed by atoms with Crippen LogP contribution in [0.3, 0.4) is 0 Å². The molecule has 118 valence electrons. The van der Waals surface area contributed by atoms with Crippen LogP contribution in [0.2, 0.25) is 0 Å². The molecule has 23 heavy (non-hydrogen) atoms. The first-order valence-electron chi connectivity index (χ1n) is 7.23. The Morgan fingerprint density at radius 3 is 3.00 bits per heavy atom. The maximum Gasteiger partial charge on any atom is 0.311 e. The zero-order chi connectivity index (χ0) is 16.2. The molecule has 0 saturated heterocycles. The summed E-state index contributed by atoms with van der Waals surface area (Å²) in [6.07, 6.45) is 0.114. The Labute approximate surface area is 132 Å². The van der Waals surface area contributed by atoms with Crippen LogP contribution >= 0.6 is 0 Å². The fourth-order valence-electron chi connectivity index (χ4n) is 2.17. The van der Waals surface area contributed by atoms with Gasteiger partial charge in [0.1, 0.15) is 5.52 Å². The number of hydrogen-bond donors (Lipinski definition) is 2. The van der Waals surface area contributed by atoms with E-state index in [0.717, 1.165) is 10.9 Å². The molecule has 8 heteroatoms. The summed E-state index contributed by atoms with van der Waals surface area (Å²) in [4.78, 5) is 18.9. The molecule has 1 aromatic carbocycles. The van der Waals surface area contributed by atoms with Gasteiger partial charge >= 0.3 is 5.97 Å². The van der Waals surface area contributed by atoms with Crippen molar-refractivity contribution < 1.29 is 9.53 Å². The van der Waals surface area contributed by atoms with Crippen molar-refractivity contribution in [1.29, 1.82) is 0 Å². The number of ether oxygens (including phenoxy) is 1. The van der Waals surface area contributed by atoms with Gasteiger partial charge in [0.15, 0.2) is 5.65 Å². The number of hydrogen-bond acceptors (Lipinski definition) is 7. The number of H-pyrrole nitrogens is 1. The summed E-state index contributed by atoms with van der Waals surface area (Å²) >= 11 is 0. The molecule has 2 heterocycles. The van der Waals surface area contributed by atoms with Crippen LogP contribution in [0, 0.1) is 0 Å². The molecule has 0 saturated carbocycles. The number of hydrazone groups is 1. The Morgan fingerprint density at radius 1 is 1.35 bits per heavy atom. The van der Waals surface area contributed by atoms with Crippen LogP contribution in [0.25, 0.3) is 22.1 Å². The zero-order valence-electron chi connectivity index (χ0n) is 12.8. The van der Waals surface area contributed by atoms with E-state index in [4.69, 9.17) is 4.74 Å². The highest BCUT2D eigenvalue weighted by Crippen LogP contribution is 2.21. The molecule has 0 radical (unpaired) electrons. The first-order valence-corrected chi connectivity index (χ1v) is 7.23. The minimum absolute atomic E-state index is 0.114. The van der Waals surface area contributed by atoms with Crippen LogP contribution in [0.4, 0.5) is 5.95 Å². The second kappa shape index (κ2) is 6.39. The number of benzene rings is 1. The lowest BCUT2D eigenvalue weighted by Gasteiger charge is -2.02. The van der Waals surface area contributed by atoms with Gasteiger partial charge in [-0.05, 0) is 19.9 Å². The minimum atomic E-state index is -0.319. The highest BCUT2D eigenvalue weighted by molar-refractivity contribution is 6.03. The number of nitrogens with zero attached hydrogens (tertiary/aromatic N) is 4. The molecule has 0 spiro atoms. The van der Waals surface area contributed by atoms with Crippen LogP contribution in [0.1, 0.15) is 20.3 Å². The number of nitrogens with one attached hydrogen (secondary N) is 2. The van der Waals surface area contributed by atoms with Crippen molar-refractivity contribution in [3.8, 4) is 0 Å². The van der Waals surface area contributed by atoms with Crippen LogP contribution in [0.15, 0.2) is 29.4 Å². The van der Waals surface area contributed by atoms with Gasteiger partial charge in [-0.1, -0.05) is 18.2 Å². The van der Waals surface area contributed by atoms with Gasteiger partial charge in [-0.15, -0.1) is 10.2 Å². The van der Waals surface area contributed by atoms with E-state index in [1.165, 1.54) is 0 Å². The van der Waals surface area contributed by atoms with Crippen LogP contribution in [0.5, 0.6) is 0 Å². The number of aromatic amines is 1. The van der Waals surface area contributed by atoms with Crippen molar-refractivity contribution in [2.75, 3.05) is 12.0 Å². The number of carbonyl (C=O) groups is 1. The number of esters is 1. The van der Waals surface area contributed by atoms with E-state index in [-0.39, 0.29) is 18.3 Å². The summed E-state index contributed by atoms with van der Waals surface area (Å²) < 4.78 is 4.86. The highest BCUT2D eigenvalue weighted by atomic mass is 16.5. The topological polar surface area (TPSA) is 105 Å². The van der Waals surface area contributed by atoms with E-state index in [1.54, 1.807) is 13.8 Å². The molecule has 8 nitrogen and oxygen atoms in total. The maximum absolute atomic E-state index is 11.4. The first kappa shape index (κ1) is 14.9. The molecule has 0 aliphatic heterocycles. The maximum atomic E-state index is 11.4. The lowest BCUT2D eigenvalue weighted by atomic mass is 10.2. The molecule has 0 fully saturated rings. The predicted molar refractivity (Wildman–Crippen MR) is 87.2 cm³/mol. The summed E-state index contributed by atoms with van der Waals surface area (Å²) in [7, 11) is 0. The Kier molecular flexibility index (Phi) is 4.13. The molecule has 0 bridgehead atoms. The van der Waals surface area contributed by atoms with Gasteiger partial charge in [0.2, 0.25) is 0 Å². The van der Waals surface area contributed by atoms with E-state index in [1.807, 2.05) is 24.3 Å². The largest absolute Gasteiger partial charge is 0.466 e. The Hall–Kier alpha value is -3.03. The van der Waals surface area contributed by atoms with Crippen molar-refractivity contribution in [1.82, 2.24) is 20.2 Å². The standard InChI is InChI=1S/C15H16N6O2/c1-3-23-12(22)8-9(2)18-20-15-17-14-13(19-21-15)10-6-4-5-7-11(10)16-14/h4-7H,3,8H2,1-2H3,(H2,16,17,20,21)/b18-9-. The molecule has 0 unspecified atom stereocenters. The molecule has 3 rings (SSSR count). The van der Waals surface area contributed by atoms with Crippen molar-refractivity contribution in [3.05, 3.63) is 24.3 Å². The monoisotopic (exact) mass is 312 g/mol. The summed E-state index contributed by atoms with van der Waals surface area (Å²) in [6, 6.07) is 7.78. The molecular formula is C15H16N6O2. The fourth-order valence-corrected chi connectivity index (χ4v) is 2.17. The number of fused-ring (bicyclic) bond motifs is 3. The molecule has 0 aliphatic rings. The van der Waals surface area contributed by atoms with E-state index in [2.05, 4.69) is 30.7 Å². The molecule has 0 amide bonds. The average molecular weight is 312 g/mol. The normalized spacial score (nSPS) is 11.8. The Morgan fingerprint density at radius 2 is 2.17 bits per heavy atom. The summed E-state index contributed by atoms with van der Waals surface area (Å²) in [5, 5.41) is 13.2. The summed E-state index contributed by atoms with van der Waals surface area (Å²) in [6.45, 7) is 3.83.